The summed E-state index contributed by atoms with van der Waals surface area (Å²) in [7, 11) is 0. The van der Waals surface area contributed by atoms with Crippen LogP contribution in [0.3, 0.4) is 0 Å². The molecule has 1 aliphatic rings. The summed E-state index contributed by atoms with van der Waals surface area (Å²) in [6, 6.07) is 3.79. The van der Waals surface area contributed by atoms with Gasteiger partial charge in [-0.3, -0.25) is 9.59 Å². The third kappa shape index (κ3) is 5.64. The highest BCUT2D eigenvalue weighted by atomic mass is 19.1. The smallest absolute Gasteiger partial charge is 0.326 e. The van der Waals surface area contributed by atoms with E-state index in [9.17, 15) is 23.9 Å². The molecular weight excluding hydrogens is 315 g/mol. The topological polar surface area (TPSA) is 95.5 Å². The average Bonchev–Trinajstić information content (AvgIpc) is 3.29. The lowest BCUT2D eigenvalue weighted by atomic mass is 10.0. The van der Waals surface area contributed by atoms with Crippen molar-refractivity contribution in [1.82, 2.24) is 10.6 Å². The number of carboxylic acids is 1. The van der Waals surface area contributed by atoms with Gasteiger partial charge in [0.25, 0.3) is 0 Å². The van der Waals surface area contributed by atoms with Crippen molar-refractivity contribution in [1.29, 1.82) is 0 Å². The summed E-state index contributed by atoms with van der Waals surface area (Å²) >= 11 is 0. The van der Waals surface area contributed by atoms with Gasteiger partial charge in [0.2, 0.25) is 11.8 Å². The van der Waals surface area contributed by atoms with E-state index in [0.717, 1.165) is 12.8 Å². The average molecular weight is 336 g/mol. The maximum absolute atomic E-state index is 13.3. The molecule has 2 rings (SSSR count). The molecule has 1 aliphatic carbocycles. The zero-order valence-corrected chi connectivity index (χ0v) is 13.4. The monoisotopic (exact) mass is 336 g/mol. The first-order valence-corrected chi connectivity index (χ1v) is 7.90. The normalized spacial score (nSPS) is 16.1. The van der Waals surface area contributed by atoms with Gasteiger partial charge in [0.15, 0.2) is 0 Å². The number of carbonyl (C=O) groups is 3. The van der Waals surface area contributed by atoms with Crippen molar-refractivity contribution in [3.63, 3.8) is 0 Å². The molecule has 0 radical (unpaired) electrons. The summed E-state index contributed by atoms with van der Waals surface area (Å²) < 4.78 is 13.3. The fraction of sp³-hybridized carbons (Fsp3) is 0.471. The van der Waals surface area contributed by atoms with Gasteiger partial charge in [0.05, 0.1) is 0 Å². The van der Waals surface area contributed by atoms with Crippen LogP contribution in [0.15, 0.2) is 24.3 Å². The molecule has 1 saturated carbocycles. The van der Waals surface area contributed by atoms with Crippen LogP contribution in [0.1, 0.15) is 31.7 Å². The highest BCUT2D eigenvalue weighted by Gasteiger charge is 2.32. The first kappa shape index (κ1) is 17.9. The third-order valence-corrected chi connectivity index (χ3v) is 3.90. The summed E-state index contributed by atoms with van der Waals surface area (Å²) in [6.07, 6.45) is 2.41. The molecule has 0 spiro atoms. The van der Waals surface area contributed by atoms with Crippen molar-refractivity contribution >= 4 is 17.8 Å². The highest BCUT2D eigenvalue weighted by molar-refractivity contribution is 5.90. The minimum absolute atomic E-state index is 0.0823. The van der Waals surface area contributed by atoms with Crippen LogP contribution in [-0.2, 0) is 20.8 Å². The van der Waals surface area contributed by atoms with Crippen LogP contribution in [0, 0.1) is 11.7 Å². The minimum Gasteiger partial charge on any atom is -0.480 e. The summed E-state index contributed by atoms with van der Waals surface area (Å²) in [5, 5.41) is 14.2. The number of amides is 2. The van der Waals surface area contributed by atoms with Crippen LogP contribution in [0.4, 0.5) is 4.39 Å². The van der Waals surface area contributed by atoms with Crippen molar-refractivity contribution in [2.45, 2.75) is 44.7 Å². The molecule has 0 unspecified atom stereocenters. The fourth-order valence-corrected chi connectivity index (χ4v) is 2.53. The van der Waals surface area contributed by atoms with Gasteiger partial charge in [0, 0.05) is 13.3 Å². The van der Waals surface area contributed by atoms with Gasteiger partial charge in [0.1, 0.15) is 17.9 Å². The maximum atomic E-state index is 13.3. The third-order valence-electron chi connectivity index (χ3n) is 3.90. The Balaban J connectivity index is 2.05. The molecule has 6 nitrogen and oxygen atoms in total. The molecule has 1 fully saturated rings. The van der Waals surface area contributed by atoms with E-state index in [-0.39, 0.29) is 6.42 Å². The van der Waals surface area contributed by atoms with Crippen molar-refractivity contribution in [2.24, 2.45) is 5.92 Å². The standard InChI is InChI=1S/C17H21FN2O4/c1-10(21)19-14(9-12-3-2-4-13(18)7-12)16(22)20-15(17(23)24)8-11-5-6-11/h2-4,7,11,14-15H,5-6,8-9H2,1H3,(H,19,21)(H,20,22)(H,23,24)/t14-,15+/m0/s1. The molecule has 0 heterocycles. The molecule has 0 bridgehead atoms. The summed E-state index contributed by atoms with van der Waals surface area (Å²) in [6.45, 7) is 1.27. The zero-order chi connectivity index (χ0) is 17.7. The quantitative estimate of drug-likeness (QED) is 0.666. The summed E-state index contributed by atoms with van der Waals surface area (Å²) in [4.78, 5) is 35.0. The van der Waals surface area contributed by atoms with E-state index < -0.39 is 35.7 Å². The number of carboxylic acid groups (broad SMARTS) is 1. The van der Waals surface area contributed by atoms with E-state index in [2.05, 4.69) is 10.6 Å². The Morgan fingerprint density at radius 2 is 1.96 bits per heavy atom. The number of rotatable bonds is 8. The number of benzene rings is 1. The van der Waals surface area contributed by atoms with E-state index in [1.807, 2.05) is 0 Å². The number of carbonyl (C=O) groups excluding carboxylic acids is 2. The second-order valence-corrected chi connectivity index (χ2v) is 6.17. The van der Waals surface area contributed by atoms with Gasteiger partial charge >= 0.3 is 5.97 Å². The van der Waals surface area contributed by atoms with Crippen molar-refractivity contribution in [3.8, 4) is 0 Å². The van der Waals surface area contributed by atoms with E-state index >= 15 is 0 Å². The predicted molar refractivity (Wildman–Crippen MR) is 84.6 cm³/mol. The number of hydrogen-bond acceptors (Lipinski definition) is 3. The Morgan fingerprint density at radius 1 is 1.25 bits per heavy atom. The number of halogens is 1. The van der Waals surface area contributed by atoms with Gasteiger partial charge in [-0.05, 0) is 30.0 Å². The molecule has 0 aromatic heterocycles. The Kier molecular flexibility index (Phi) is 5.89. The zero-order valence-electron chi connectivity index (χ0n) is 13.4. The lowest BCUT2D eigenvalue weighted by molar-refractivity contribution is -0.142. The van der Waals surface area contributed by atoms with Gasteiger partial charge in [-0.2, -0.15) is 0 Å². The van der Waals surface area contributed by atoms with E-state index in [1.54, 1.807) is 6.07 Å². The minimum atomic E-state index is -1.09. The highest BCUT2D eigenvalue weighted by Crippen LogP contribution is 2.33. The molecule has 2 amide bonds. The van der Waals surface area contributed by atoms with Crippen molar-refractivity contribution < 1.29 is 23.9 Å². The second-order valence-electron chi connectivity index (χ2n) is 6.17. The Morgan fingerprint density at radius 3 is 2.50 bits per heavy atom. The number of aliphatic carboxylic acids is 1. The molecule has 24 heavy (non-hydrogen) atoms. The Hall–Kier alpha value is -2.44. The van der Waals surface area contributed by atoms with Gasteiger partial charge in [-0.25, -0.2) is 9.18 Å². The maximum Gasteiger partial charge on any atom is 0.326 e. The van der Waals surface area contributed by atoms with Crippen LogP contribution in [0.5, 0.6) is 0 Å². The van der Waals surface area contributed by atoms with Crippen LogP contribution >= 0.6 is 0 Å². The van der Waals surface area contributed by atoms with Gasteiger partial charge in [-0.1, -0.05) is 25.0 Å². The van der Waals surface area contributed by atoms with Crippen LogP contribution in [0.25, 0.3) is 0 Å². The van der Waals surface area contributed by atoms with Crippen LogP contribution < -0.4 is 10.6 Å². The second kappa shape index (κ2) is 7.90. The lowest BCUT2D eigenvalue weighted by Gasteiger charge is -2.21. The lowest BCUT2D eigenvalue weighted by Crippen LogP contribution is -2.52. The molecule has 3 N–H and O–H groups in total. The number of nitrogens with one attached hydrogen (secondary N) is 2. The van der Waals surface area contributed by atoms with Crippen LogP contribution in [0.2, 0.25) is 0 Å². The molecule has 7 heteroatoms. The van der Waals surface area contributed by atoms with Gasteiger partial charge in [-0.15, -0.1) is 0 Å². The first-order chi connectivity index (χ1) is 11.3. The van der Waals surface area contributed by atoms with Gasteiger partial charge < -0.3 is 15.7 Å². The number of hydrogen-bond donors (Lipinski definition) is 3. The van der Waals surface area contributed by atoms with E-state index in [1.165, 1.54) is 25.1 Å². The van der Waals surface area contributed by atoms with Crippen LogP contribution in [-0.4, -0.2) is 35.0 Å². The van der Waals surface area contributed by atoms with E-state index in [0.29, 0.717) is 17.9 Å². The molecule has 1 aromatic carbocycles. The SMILES string of the molecule is CC(=O)N[C@@H](Cc1cccc(F)c1)C(=O)N[C@H](CC1CC1)C(=O)O. The first-order valence-electron chi connectivity index (χ1n) is 7.90. The fourth-order valence-electron chi connectivity index (χ4n) is 2.53. The Bertz CT molecular complexity index is 631. The summed E-state index contributed by atoms with van der Waals surface area (Å²) in [5.41, 5.74) is 0.540. The Labute approximate surface area is 139 Å². The van der Waals surface area contributed by atoms with Crippen molar-refractivity contribution in [3.05, 3.63) is 35.6 Å². The molecule has 2 atom stereocenters. The molecule has 0 saturated heterocycles. The van der Waals surface area contributed by atoms with Crippen molar-refractivity contribution in [2.75, 3.05) is 0 Å². The molecular formula is C17H21FN2O4. The molecule has 0 aliphatic heterocycles. The predicted octanol–water partition coefficient (Wildman–Crippen LogP) is 1.24. The summed E-state index contributed by atoms with van der Waals surface area (Å²) in [5.74, 6) is -2.20. The largest absolute Gasteiger partial charge is 0.480 e. The van der Waals surface area contributed by atoms with E-state index in [4.69, 9.17) is 0 Å². The molecule has 130 valence electrons. The molecule has 1 aromatic rings.